The summed E-state index contributed by atoms with van der Waals surface area (Å²) in [6.45, 7) is 10.7. The quantitative estimate of drug-likeness (QED) is 0.490. The number of aliphatic hydroxyl groups excluding tert-OH is 3. The molecule has 0 saturated heterocycles. The maximum atomic E-state index is 13.3. The van der Waals surface area contributed by atoms with E-state index in [1.807, 2.05) is 4.90 Å². The van der Waals surface area contributed by atoms with E-state index in [9.17, 15) is 20.1 Å². The van der Waals surface area contributed by atoms with E-state index in [1.54, 1.807) is 0 Å². The second kappa shape index (κ2) is 10.1. The van der Waals surface area contributed by atoms with Crippen molar-refractivity contribution in [2.24, 2.45) is 46.3 Å². The van der Waals surface area contributed by atoms with Crippen LogP contribution in [0.15, 0.2) is 18.2 Å². The van der Waals surface area contributed by atoms with Crippen molar-refractivity contribution in [2.45, 2.75) is 117 Å². The van der Waals surface area contributed by atoms with E-state index in [1.165, 1.54) is 16.7 Å². The van der Waals surface area contributed by atoms with Crippen LogP contribution in [0.1, 0.15) is 95.2 Å². The number of hydrogen-bond acceptors (Lipinski definition) is 4. The molecule has 5 heteroatoms. The number of aryl methyl sites for hydroxylation is 1. The first-order chi connectivity index (χ1) is 18.5. The molecular weight excluding hydrogens is 486 g/mol. The largest absolute Gasteiger partial charge is 0.393 e. The van der Waals surface area contributed by atoms with Gasteiger partial charge in [0, 0.05) is 19.5 Å². The van der Waals surface area contributed by atoms with E-state index in [4.69, 9.17) is 0 Å². The molecule has 4 fully saturated rings. The fourth-order valence-electron chi connectivity index (χ4n) is 10.7. The minimum Gasteiger partial charge on any atom is -0.393 e. The summed E-state index contributed by atoms with van der Waals surface area (Å²) in [7, 11) is 0. The maximum Gasteiger partial charge on any atom is 0.222 e. The van der Waals surface area contributed by atoms with Gasteiger partial charge in [0.05, 0.1) is 18.3 Å². The average molecular weight is 538 g/mol. The lowest BCUT2D eigenvalue weighted by Gasteiger charge is -2.63. The number of fused-ring (bicyclic) bond motifs is 6. The third kappa shape index (κ3) is 4.50. The van der Waals surface area contributed by atoms with Gasteiger partial charge in [0.2, 0.25) is 5.91 Å². The fraction of sp³-hybridized carbons (Fsp3) is 0.794. The van der Waals surface area contributed by atoms with E-state index < -0.39 is 0 Å². The van der Waals surface area contributed by atoms with Gasteiger partial charge in [-0.25, -0.2) is 0 Å². The number of rotatable bonds is 4. The molecule has 5 nitrogen and oxygen atoms in total. The van der Waals surface area contributed by atoms with Crippen molar-refractivity contribution in [1.29, 1.82) is 0 Å². The molecule has 0 unspecified atom stereocenters. The van der Waals surface area contributed by atoms with Gasteiger partial charge >= 0.3 is 0 Å². The smallest absolute Gasteiger partial charge is 0.222 e. The Kier molecular flexibility index (Phi) is 7.20. The van der Waals surface area contributed by atoms with Gasteiger partial charge in [0.25, 0.3) is 0 Å². The molecule has 11 atom stereocenters. The number of benzene rings is 1. The predicted octanol–water partition coefficient (Wildman–Crippen LogP) is 5.26. The second-order valence-corrected chi connectivity index (χ2v) is 14.9. The number of nitrogens with zero attached hydrogens (tertiary/aromatic N) is 1. The van der Waals surface area contributed by atoms with Crippen LogP contribution in [0.4, 0.5) is 0 Å². The molecule has 3 N–H and O–H groups in total. The van der Waals surface area contributed by atoms with Gasteiger partial charge in [-0.2, -0.15) is 0 Å². The van der Waals surface area contributed by atoms with Crippen molar-refractivity contribution >= 4 is 5.91 Å². The monoisotopic (exact) mass is 537 g/mol. The highest BCUT2D eigenvalue weighted by molar-refractivity contribution is 5.76. The van der Waals surface area contributed by atoms with Crippen LogP contribution < -0.4 is 0 Å². The Labute approximate surface area is 235 Å². The maximum absolute atomic E-state index is 13.3. The SMILES string of the molecule is Cc1ccc2c(c1)CCN(C(=O)CC[C@@H](C)[C@H]1CC[C@H]3[C@@H]4[C@H](O)C[C@@H]5C[C@H](O)CC[C@]5(C)[C@H]4C[C@H](O)[C@]13C)C2. The molecule has 4 saturated carbocycles. The Morgan fingerprint density at radius 1 is 1.05 bits per heavy atom. The van der Waals surface area contributed by atoms with E-state index in [-0.39, 0.29) is 41.0 Å². The third-order valence-electron chi connectivity index (χ3n) is 13.1. The molecule has 1 aliphatic heterocycles. The first-order valence-electron chi connectivity index (χ1n) is 15.9. The molecule has 0 radical (unpaired) electrons. The number of aliphatic hydroxyl groups is 3. The highest BCUT2D eigenvalue weighted by Gasteiger charge is 2.65. The van der Waals surface area contributed by atoms with Crippen LogP contribution in [-0.4, -0.2) is 51.0 Å². The Hall–Kier alpha value is -1.43. The molecule has 1 aromatic rings. The Morgan fingerprint density at radius 2 is 1.85 bits per heavy atom. The van der Waals surface area contributed by atoms with Gasteiger partial charge in [0.15, 0.2) is 0 Å². The lowest BCUT2D eigenvalue weighted by molar-refractivity contribution is -0.207. The second-order valence-electron chi connectivity index (χ2n) is 14.9. The summed E-state index contributed by atoms with van der Waals surface area (Å²) in [5.41, 5.74) is 3.86. The summed E-state index contributed by atoms with van der Waals surface area (Å²) in [5.74, 6) is 2.25. The van der Waals surface area contributed by atoms with Crippen LogP contribution in [0.25, 0.3) is 0 Å². The number of carbonyl (C=O) groups excluding carboxylic acids is 1. The van der Waals surface area contributed by atoms with Gasteiger partial charge in [0.1, 0.15) is 0 Å². The average Bonchev–Trinajstić information content (AvgIpc) is 3.27. The molecule has 5 aliphatic rings. The van der Waals surface area contributed by atoms with Gasteiger partial charge in [-0.3, -0.25) is 4.79 Å². The van der Waals surface area contributed by atoms with Gasteiger partial charge < -0.3 is 20.2 Å². The number of hydrogen-bond donors (Lipinski definition) is 3. The summed E-state index contributed by atoms with van der Waals surface area (Å²) in [5, 5.41) is 33.7. The van der Waals surface area contributed by atoms with E-state index in [2.05, 4.69) is 45.9 Å². The van der Waals surface area contributed by atoms with Crippen LogP contribution in [0, 0.1) is 53.3 Å². The topological polar surface area (TPSA) is 81.0 Å². The molecule has 1 heterocycles. The zero-order valence-electron chi connectivity index (χ0n) is 24.6. The molecule has 0 aromatic heterocycles. The summed E-state index contributed by atoms with van der Waals surface area (Å²) >= 11 is 0. The van der Waals surface area contributed by atoms with Crippen LogP contribution in [0.5, 0.6) is 0 Å². The number of carbonyl (C=O) groups is 1. The summed E-state index contributed by atoms with van der Waals surface area (Å²) < 4.78 is 0. The third-order valence-corrected chi connectivity index (χ3v) is 13.1. The lowest BCUT2D eigenvalue weighted by atomic mass is 9.43. The molecule has 39 heavy (non-hydrogen) atoms. The van der Waals surface area contributed by atoms with Crippen molar-refractivity contribution in [1.82, 2.24) is 4.90 Å². The van der Waals surface area contributed by atoms with Crippen LogP contribution in [-0.2, 0) is 17.8 Å². The zero-order valence-corrected chi connectivity index (χ0v) is 24.6. The van der Waals surface area contributed by atoms with E-state index in [0.717, 1.165) is 70.9 Å². The van der Waals surface area contributed by atoms with Crippen molar-refractivity contribution in [3.05, 3.63) is 34.9 Å². The molecule has 216 valence electrons. The molecule has 1 aromatic carbocycles. The van der Waals surface area contributed by atoms with Crippen molar-refractivity contribution in [2.75, 3.05) is 6.54 Å². The molecule has 1 amide bonds. The Balaban J connectivity index is 1.13. The van der Waals surface area contributed by atoms with Crippen molar-refractivity contribution in [3.8, 4) is 0 Å². The molecule has 0 spiro atoms. The van der Waals surface area contributed by atoms with Gasteiger partial charge in [-0.1, -0.05) is 44.5 Å². The van der Waals surface area contributed by atoms with Gasteiger partial charge in [-0.05, 0) is 122 Å². The fourth-order valence-corrected chi connectivity index (χ4v) is 10.7. The Bertz CT molecular complexity index is 1090. The first kappa shape index (κ1) is 27.7. The summed E-state index contributed by atoms with van der Waals surface area (Å²) in [6, 6.07) is 6.59. The lowest BCUT2D eigenvalue weighted by Crippen LogP contribution is -2.62. The van der Waals surface area contributed by atoms with E-state index >= 15 is 0 Å². The molecule has 6 rings (SSSR count). The minimum atomic E-state index is -0.369. The molecular formula is C34H51NO4. The summed E-state index contributed by atoms with van der Waals surface area (Å²) in [6.07, 6.45) is 7.80. The standard InChI is InChI=1S/C34H51NO4/c1-20-5-7-23-19-35(14-12-22(23)15-20)31(39)10-6-21(2)26-8-9-27-32-28(18-30(38)34(26,27)4)33(3)13-11-25(36)16-24(33)17-29(32)37/h5,7,15,21,24-30,32,36-38H,6,8-14,16-19H2,1-4H3/t21-,24+,25-,26-,27+,28+,29-,30+,32+,33+,34-/m1/s1. The highest BCUT2D eigenvalue weighted by Crippen LogP contribution is 2.68. The predicted molar refractivity (Wildman–Crippen MR) is 153 cm³/mol. The Morgan fingerprint density at radius 3 is 2.64 bits per heavy atom. The van der Waals surface area contributed by atoms with Crippen molar-refractivity contribution < 1.29 is 20.1 Å². The number of amides is 1. The minimum absolute atomic E-state index is 0.104. The van der Waals surface area contributed by atoms with Gasteiger partial charge in [-0.15, -0.1) is 0 Å². The normalized spacial score (nSPS) is 44.1. The highest BCUT2D eigenvalue weighted by atomic mass is 16.3. The van der Waals surface area contributed by atoms with Crippen LogP contribution in [0.2, 0.25) is 0 Å². The summed E-state index contributed by atoms with van der Waals surface area (Å²) in [4.78, 5) is 15.3. The first-order valence-corrected chi connectivity index (χ1v) is 15.9. The molecule has 0 bridgehead atoms. The molecule has 4 aliphatic carbocycles. The van der Waals surface area contributed by atoms with Crippen LogP contribution in [0.3, 0.4) is 0 Å². The van der Waals surface area contributed by atoms with Crippen LogP contribution >= 0.6 is 0 Å². The van der Waals surface area contributed by atoms with Crippen molar-refractivity contribution in [3.63, 3.8) is 0 Å². The van der Waals surface area contributed by atoms with E-state index in [0.29, 0.717) is 36.0 Å². The zero-order chi connectivity index (χ0) is 27.7.